The van der Waals surface area contributed by atoms with Crippen LogP contribution < -0.4 is 9.47 Å². The van der Waals surface area contributed by atoms with E-state index >= 15 is 0 Å². The van der Waals surface area contributed by atoms with E-state index in [0.717, 1.165) is 0 Å². The molecule has 1 saturated heterocycles. The number of amides is 1. The van der Waals surface area contributed by atoms with Crippen LogP contribution in [0.15, 0.2) is 42.0 Å². The minimum Gasteiger partial charge on any atom is -0.507 e. The average Bonchev–Trinajstić information content (AvgIpc) is 3.02. The molecule has 0 aliphatic carbocycles. The molecule has 0 aromatic heterocycles. The maximum atomic E-state index is 13.0. The van der Waals surface area contributed by atoms with Crippen molar-refractivity contribution in [3.63, 3.8) is 0 Å². The molecule has 0 radical (unpaired) electrons. The van der Waals surface area contributed by atoms with E-state index in [1.807, 2.05) is 6.92 Å². The molecule has 32 heavy (non-hydrogen) atoms. The number of hydrogen-bond acceptors (Lipinski definition) is 6. The monoisotopic (exact) mass is 479 g/mol. The molecular formula is C23H23Cl2NO6. The van der Waals surface area contributed by atoms with Gasteiger partial charge in [0.25, 0.3) is 11.7 Å². The summed E-state index contributed by atoms with van der Waals surface area (Å²) in [5.74, 6) is -1.19. The highest BCUT2D eigenvalue weighted by Gasteiger charge is 2.45. The van der Waals surface area contributed by atoms with Gasteiger partial charge >= 0.3 is 0 Å². The predicted octanol–water partition coefficient (Wildman–Crippen LogP) is 4.20. The number of carbonyl (C=O) groups is 2. The number of halogens is 2. The van der Waals surface area contributed by atoms with Crippen molar-refractivity contribution in [3.05, 3.63) is 63.1 Å². The number of ketones is 1. The number of benzene rings is 2. The summed E-state index contributed by atoms with van der Waals surface area (Å²) in [6.45, 7) is 2.15. The largest absolute Gasteiger partial charge is 0.507 e. The second kappa shape index (κ2) is 10.3. The second-order valence-corrected chi connectivity index (χ2v) is 7.92. The van der Waals surface area contributed by atoms with Gasteiger partial charge < -0.3 is 24.6 Å². The third-order valence-corrected chi connectivity index (χ3v) is 5.58. The highest BCUT2D eigenvalue weighted by molar-refractivity contribution is 6.46. The van der Waals surface area contributed by atoms with Crippen LogP contribution in [0.2, 0.25) is 10.0 Å². The lowest BCUT2D eigenvalue weighted by Gasteiger charge is -2.25. The van der Waals surface area contributed by atoms with Crippen LogP contribution in [0.4, 0.5) is 0 Å². The summed E-state index contributed by atoms with van der Waals surface area (Å²) in [5, 5.41) is 20.4. The summed E-state index contributed by atoms with van der Waals surface area (Å²) in [6.07, 6.45) is 0.616. The number of hydrogen-bond donors (Lipinski definition) is 2. The van der Waals surface area contributed by atoms with Crippen molar-refractivity contribution in [2.45, 2.75) is 19.4 Å². The molecule has 7 nitrogen and oxygen atoms in total. The maximum absolute atomic E-state index is 13.0. The van der Waals surface area contributed by atoms with Gasteiger partial charge in [-0.05, 0) is 36.2 Å². The van der Waals surface area contributed by atoms with Crippen molar-refractivity contribution in [2.24, 2.45) is 0 Å². The van der Waals surface area contributed by atoms with E-state index in [2.05, 4.69) is 0 Å². The molecule has 1 heterocycles. The molecule has 170 valence electrons. The average molecular weight is 480 g/mol. The molecule has 1 unspecified atom stereocenters. The Morgan fingerprint density at radius 1 is 1.16 bits per heavy atom. The van der Waals surface area contributed by atoms with Gasteiger partial charge in [0.1, 0.15) is 18.1 Å². The van der Waals surface area contributed by atoms with Crippen molar-refractivity contribution in [1.82, 2.24) is 4.90 Å². The molecule has 1 fully saturated rings. The first kappa shape index (κ1) is 23.9. The van der Waals surface area contributed by atoms with E-state index < -0.39 is 17.7 Å². The first-order valence-electron chi connectivity index (χ1n) is 9.99. The molecule has 1 amide bonds. The molecule has 0 saturated carbocycles. The highest BCUT2D eigenvalue weighted by atomic mass is 35.5. The smallest absolute Gasteiger partial charge is 0.295 e. The quantitative estimate of drug-likeness (QED) is 0.334. The summed E-state index contributed by atoms with van der Waals surface area (Å²) in [4.78, 5) is 27.2. The predicted molar refractivity (Wildman–Crippen MR) is 121 cm³/mol. The van der Waals surface area contributed by atoms with E-state index in [9.17, 15) is 14.7 Å². The minimum atomic E-state index is -0.827. The Kier molecular flexibility index (Phi) is 7.66. The van der Waals surface area contributed by atoms with Gasteiger partial charge in [0, 0.05) is 12.1 Å². The van der Waals surface area contributed by atoms with Gasteiger partial charge in [-0.2, -0.15) is 0 Å². The lowest BCUT2D eigenvalue weighted by molar-refractivity contribution is -0.139. The third kappa shape index (κ3) is 4.55. The molecule has 2 aromatic carbocycles. The van der Waals surface area contributed by atoms with Crippen molar-refractivity contribution in [1.29, 1.82) is 0 Å². The van der Waals surface area contributed by atoms with Crippen LogP contribution in [0.1, 0.15) is 30.5 Å². The van der Waals surface area contributed by atoms with Gasteiger partial charge in [0.05, 0.1) is 35.4 Å². The zero-order chi connectivity index (χ0) is 23.4. The van der Waals surface area contributed by atoms with Crippen LogP contribution in [-0.2, 0) is 9.59 Å². The van der Waals surface area contributed by atoms with Crippen molar-refractivity contribution in [2.75, 3.05) is 26.9 Å². The molecule has 9 heteroatoms. The zero-order valence-electron chi connectivity index (χ0n) is 17.6. The Balaban J connectivity index is 2.18. The van der Waals surface area contributed by atoms with Gasteiger partial charge in [0.2, 0.25) is 0 Å². The van der Waals surface area contributed by atoms with Gasteiger partial charge in [0.15, 0.2) is 5.75 Å². The van der Waals surface area contributed by atoms with Crippen molar-refractivity contribution in [3.8, 4) is 11.5 Å². The van der Waals surface area contributed by atoms with E-state index in [-0.39, 0.29) is 45.9 Å². The maximum Gasteiger partial charge on any atom is 0.295 e. The molecule has 1 aliphatic rings. The first-order valence-corrected chi connectivity index (χ1v) is 10.7. The summed E-state index contributed by atoms with van der Waals surface area (Å²) in [6, 6.07) is 8.86. The molecular weight excluding hydrogens is 457 g/mol. The second-order valence-electron chi connectivity index (χ2n) is 7.11. The van der Waals surface area contributed by atoms with Gasteiger partial charge in [-0.25, -0.2) is 0 Å². The van der Waals surface area contributed by atoms with E-state index in [0.29, 0.717) is 24.3 Å². The SMILES string of the molecule is CCCN1C(=O)C(=O)/C(=C(/O)c2cc(Cl)c(OC)c(Cl)c2)C1c1cccc(OCCO)c1. The summed E-state index contributed by atoms with van der Waals surface area (Å²) >= 11 is 12.4. The highest BCUT2D eigenvalue weighted by Crippen LogP contribution is 2.42. The first-order chi connectivity index (χ1) is 15.3. The van der Waals surface area contributed by atoms with Crippen molar-refractivity contribution >= 4 is 40.7 Å². The number of ether oxygens (including phenoxy) is 2. The lowest BCUT2D eigenvalue weighted by Crippen LogP contribution is -2.30. The van der Waals surface area contributed by atoms with Crippen LogP contribution in [0.3, 0.4) is 0 Å². The molecule has 1 atom stereocenters. The van der Waals surface area contributed by atoms with Crippen LogP contribution in [0.5, 0.6) is 11.5 Å². The van der Waals surface area contributed by atoms with Crippen LogP contribution in [0, 0.1) is 0 Å². The Morgan fingerprint density at radius 2 is 1.84 bits per heavy atom. The van der Waals surface area contributed by atoms with E-state index in [4.69, 9.17) is 37.8 Å². The fourth-order valence-electron chi connectivity index (χ4n) is 3.68. The fourth-order valence-corrected chi connectivity index (χ4v) is 4.32. The number of methoxy groups -OCH3 is 1. The zero-order valence-corrected chi connectivity index (χ0v) is 19.1. The van der Waals surface area contributed by atoms with Gasteiger partial charge in [-0.15, -0.1) is 0 Å². The topological polar surface area (TPSA) is 96.3 Å². The van der Waals surface area contributed by atoms with E-state index in [1.165, 1.54) is 24.1 Å². The van der Waals surface area contributed by atoms with E-state index in [1.54, 1.807) is 24.3 Å². The fraction of sp³-hybridized carbons (Fsp3) is 0.304. The summed E-state index contributed by atoms with van der Waals surface area (Å²) in [7, 11) is 1.41. The molecule has 1 aliphatic heterocycles. The molecule has 2 aromatic rings. The standard InChI is InChI=1S/C23H23Cl2NO6/c1-3-7-26-19(13-5-4-6-15(10-13)32-9-8-27)18(21(29)23(26)30)20(28)14-11-16(24)22(31-2)17(25)12-14/h4-6,10-12,19,27-28H,3,7-9H2,1-2H3/b20-18+. The number of Topliss-reactive ketones (excluding diaryl/α,β-unsaturated/α-hetero) is 1. The van der Waals surface area contributed by atoms with Crippen LogP contribution in [-0.4, -0.2) is 53.7 Å². The molecule has 0 spiro atoms. The number of nitrogens with zero attached hydrogens (tertiary/aromatic N) is 1. The Hall–Kier alpha value is -2.74. The number of aliphatic hydroxyl groups excluding tert-OH is 2. The van der Waals surface area contributed by atoms with Crippen LogP contribution in [0.25, 0.3) is 5.76 Å². The van der Waals surface area contributed by atoms with Gasteiger partial charge in [-0.3, -0.25) is 9.59 Å². The molecule has 2 N–H and O–H groups in total. The molecule has 3 rings (SSSR count). The number of rotatable bonds is 8. The minimum absolute atomic E-state index is 0.0694. The summed E-state index contributed by atoms with van der Waals surface area (Å²) < 4.78 is 10.6. The summed E-state index contributed by atoms with van der Waals surface area (Å²) in [5.41, 5.74) is 0.702. The Bertz CT molecular complexity index is 1050. The van der Waals surface area contributed by atoms with Crippen molar-refractivity contribution < 1.29 is 29.3 Å². The number of aliphatic hydroxyl groups is 2. The Labute approximate surface area is 195 Å². The van der Waals surface area contributed by atoms with Gasteiger partial charge in [-0.1, -0.05) is 42.3 Å². The van der Waals surface area contributed by atoms with Crippen LogP contribution >= 0.6 is 23.2 Å². The number of carbonyl (C=O) groups excluding carboxylic acids is 2. The molecule has 0 bridgehead atoms. The lowest BCUT2D eigenvalue weighted by atomic mass is 9.95. The normalized spacial score (nSPS) is 17.7. The third-order valence-electron chi connectivity index (χ3n) is 5.01. The Morgan fingerprint density at radius 3 is 2.44 bits per heavy atom. The number of likely N-dealkylation sites (tertiary alicyclic amines) is 1.